The lowest BCUT2D eigenvalue weighted by Gasteiger charge is -2.24. The highest BCUT2D eigenvalue weighted by molar-refractivity contribution is 5.22. The molecule has 1 nitrogen and oxygen atoms in total. The molecule has 0 heterocycles. The van der Waals surface area contributed by atoms with Gasteiger partial charge in [0, 0.05) is 11.1 Å². The first kappa shape index (κ1) is 10.1. The Hall–Kier alpha value is -0.960. The van der Waals surface area contributed by atoms with E-state index in [9.17, 15) is 8.78 Å². The standard InChI is InChI=1S/C10H13F2N/c1-10(2,13)9(12)7-5-3-4-6-8(7)11/h3-6,9H,13H2,1-2H3. The maximum absolute atomic E-state index is 13.5. The van der Waals surface area contributed by atoms with E-state index >= 15 is 0 Å². The zero-order valence-electron chi connectivity index (χ0n) is 7.72. The van der Waals surface area contributed by atoms with Crippen molar-refractivity contribution in [3.63, 3.8) is 0 Å². The fourth-order valence-electron chi connectivity index (χ4n) is 1.08. The van der Waals surface area contributed by atoms with Crippen LogP contribution in [0.3, 0.4) is 0 Å². The summed E-state index contributed by atoms with van der Waals surface area (Å²) >= 11 is 0. The van der Waals surface area contributed by atoms with Crippen LogP contribution in [0.4, 0.5) is 8.78 Å². The Bertz CT molecular complexity index is 291. The Balaban J connectivity index is 3.02. The highest BCUT2D eigenvalue weighted by Gasteiger charge is 2.28. The van der Waals surface area contributed by atoms with Crippen molar-refractivity contribution in [2.24, 2.45) is 5.73 Å². The molecule has 0 aliphatic carbocycles. The summed E-state index contributed by atoms with van der Waals surface area (Å²) in [6.45, 7) is 3.06. The molecule has 1 aromatic rings. The van der Waals surface area contributed by atoms with Crippen LogP contribution < -0.4 is 5.73 Å². The summed E-state index contributed by atoms with van der Waals surface area (Å²) in [5.74, 6) is -0.548. The van der Waals surface area contributed by atoms with Gasteiger partial charge < -0.3 is 5.73 Å². The van der Waals surface area contributed by atoms with Crippen LogP contribution in [0, 0.1) is 5.82 Å². The van der Waals surface area contributed by atoms with E-state index in [-0.39, 0.29) is 5.56 Å². The largest absolute Gasteiger partial charge is 0.323 e. The Morgan fingerprint density at radius 1 is 1.31 bits per heavy atom. The highest BCUT2D eigenvalue weighted by Crippen LogP contribution is 2.28. The minimum Gasteiger partial charge on any atom is -0.323 e. The lowest BCUT2D eigenvalue weighted by molar-refractivity contribution is 0.217. The number of nitrogens with two attached hydrogens (primary N) is 1. The number of benzene rings is 1. The summed E-state index contributed by atoms with van der Waals surface area (Å²) in [4.78, 5) is 0. The molecule has 0 fully saturated rings. The number of hydrogen-bond donors (Lipinski definition) is 1. The van der Waals surface area contributed by atoms with E-state index in [1.54, 1.807) is 6.07 Å². The van der Waals surface area contributed by atoms with Crippen LogP contribution in [-0.4, -0.2) is 5.54 Å². The molecule has 0 spiro atoms. The molecule has 0 radical (unpaired) electrons. The average Bonchev–Trinajstić information content (AvgIpc) is 2.02. The first-order valence-electron chi connectivity index (χ1n) is 4.10. The molecule has 0 amide bonds. The summed E-state index contributed by atoms with van der Waals surface area (Å²) in [5, 5.41) is 0. The summed E-state index contributed by atoms with van der Waals surface area (Å²) in [6, 6.07) is 5.76. The molecular formula is C10H13F2N. The van der Waals surface area contributed by atoms with E-state index in [0.29, 0.717) is 0 Å². The van der Waals surface area contributed by atoms with Gasteiger partial charge in [0.2, 0.25) is 0 Å². The van der Waals surface area contributed by atoms with Gasteiger partial charge in [0.05, 0.1) is 0 Å². The molecular weight excluding hydrogens is 172 g/mol. The van der Waals surface area contributed by atoms with Crippen LogP contribution in [0.1, 0.15) is 25.6 Å². The Morgan fingerprint density at radius 2 is 1.85 bits per heavy atom. The summed E-state index contributed by atoms with van der Waals surface area (Å²) < 4.78 is 26.6. The molecule has 0 aliphatic heterocycles. The molecule has 72 valence electrons. The second kappa shape index (κ2) is 3.42. The zero-order valence-corrected chi connectivity index (χ0v) is 7.72. The van der Waals surface area contributed by atoms with Crippen LogP contribution in [0.25, 0.3) is 0 Å². The monoisotopic (exact) mass is 185 g/mol. The van der Waals surface area contributed by atoms with Crippen LogP contribution in [0.2, 0.25) is 0 Å². The molecule has 0 saturated heterocycles. The Labute approximate surface area is 76.6 Å². The maximum Gasteiger partial charge on any atom is 0.145 e. The van der Waals surface area contributed by atoms with Crippen molar-refractivity contribution in [2.45, 2.75) is 25.6 Å². The molecule has 1 unspecified atom stereocenters. The van der Waals surface area contributed by atoms with Crippen LogP contribution in [-0.2, 0) is 0 Å². The van der Waals surface area contributed by atoms with Gasteiger partial charge in [0.25, 0.3) is 0 Å². The van der Waals surface area contributed by atoms with Crippen molar-refractivity contribution in [2.75, 3.05) is 0 Å². The predicted molar refractivity (Wildman–Crippen MR) is 48.5 cm³/mol. The van der Waals surface area contributed by atoms with Gasteiger partial charge in [-0.25, -0.2) is 8.78 Å². The number of alkyl halides is 1. The maximum atomic E-state index is 13.5. The van der Waals surface area contributed by atoms with Crippen molar-refractivity contribution < 1.29 is 8.78 Å². The molecule has 0 aromatic heterocycles. The predicted octanol–water partition coefficient (Wildman–Crippen LogP) is 2.57. The Morgan fingerprint density at radius 3 is 2.31 bits per heavy atom. The second-order valence-electron chi connectivity index (χ2n) is 3.71. The normalized spacial score (nSPS) is 14.2. The van der Waals surface area contributed by atoms with Crippen molar-refractivity contribution >= 4 is 0 Å². The summed E-state index contributed by atoms with van der Waals surface area (Å²) in [7, 11) is 0. The fourth-order valence-corrected chi connectivity index (χ4v) is 1.08. The van der Waals surface area contributed by atoms with Crippen molar-refractivity contribution in [1.29, 1.82) is 0 Å². The van der Waals surface area contributed by atoms with Gasteiger partial charge in [-0.3, -0.25) is 0 Å². The van der Waals surface area contributed by atoms with E-state index in [0.717, 1.165) is 0 Å². The third kappa shape index (κ3) is 2.25. The molecule has 3 heteroatoms. The Kier molecular flexibility index (Phi) is 2.66. The topological polar surface area (TPSA) is 26.0 Å². The van der Waals surface area contributed by atoms with Gasteiger partial charge in [0.1, 0.15) is 12.0 Å². The molecule has 13 heavy (non-hydrogen) atoms. The lowest BCUT2D eigenvalue weighted by atomic mass is 9.93. The van der Waals surface area contributed by atoms with Gasteiger partial charge in [-0.1, -0.05) is 18.2 Å². The minimum absolute atomic E-state index is 0.0231. The quantitative estimate of drug-likeness (QED) is 0.752. The third-order valence-corrected chi connectivity index (χ3v) is 1.83. The summed E-state index contributed by atoms with van der Waals surface area (Å²) in [6.07, 6.45) is -1.48. The number of rotatable bonds is 2. The summed E-state index contributed by atoms with van der Waals surface area (Å²) in [5.41, 5.74) is 4.51. The molecule has 1 aromatic carbocycles. The molecule has 1 atom stereocenters. The first-order chi connectivity index (χ1) is 5.93. The van der Waals surface area contributed by atoms with Crippen LogP contribution in [0.5, 0.6) is 0 Å². The van der Waals surface area contributed by atoms with E-state index in [1.165, 1.54) is 32.0 Å². The van der Waals surface area contributed by atoms with Gasteiger partial charge in [-0.05, 0) is 19.9 Å². The van der Waals surface area contributed by atoms with Gasteiger partial charge in [-0.15, -0.1) is 0 Å². The van der Waals surface area contributed by atoms with Crippen LogP contribution in [0.15, 0.2) is 24.3 Å². The molecule has 1 rings (SSSR count). The molecule has 0 aliphatic rings. The molecule has 0 bridgehead atoms. The van der Waals surface area contributed by atoms with Crippen molar-refractivity contribution in [3.8, 4) is 0 Å². The second-order valence-corrected chi connectivity index (χ2v) is 3.71. The van der Waals surface area contributed by atoms with E-state index in [4.69, 9.17) is 5.73 Å². The zero-order chi connectivity index (χ0) is 10.1. The van der Waals surface area contributed by atoms with E-state index in [2.05, 4.69) is 0 Å². The lowest BCUT2D eigenvalue weighted by Crippen LogP contribution is -2.37. The van der Waals surface area contributed by atoms with Crippen molar-refractivity contribution in [3.05, 3.63) is 35.6 Å². The average molecular weight is 185 g/mol. The van der Waals surface area contributed by atoms with Gasteiger partial charge in [-0.2, -0.15) is 0 Å². The van der Waals surface area contributed by atoms with Crippen LogP contribution >= 0.6 is 0 Å². The molecule has 2 N–H and O–H groups in total. The minimum atomic E-state index is -1.48. The fraction of sp³-hybridized carbons (Fsp3) is 0.400. The SMILES string of the molecule is CC(C)(N)C(F)c1ccccc1F. The smallest absolute Gasteiger partial charge is 0.145 e. The van der Waals surface area contributed by atoms with Gasteiger partial charge in [0.15, 0.2) is 0 Å². The third-order valence-electron chi connectivity index (χ3n) is 1.83. The highest BCUT2D eigenvalue weighted by atomic mass is 19.1. The van der Waals surface area contributed by atoms with Gasteiger partial charge >= 0.3 is 0 Å². The van der Waals surface area contributed by atoms with E-state index in [1.807, 2.05) is 0 Å². The number of hydrogen-bond acceptors (Lipinski definition) is 1. The first-order valence-corrected chi connectivity index (χ1v) is 4.10. The van der Waals surface area contributed by atoms with Crippen molar-refractivity contribution in [1.82, 2.24) is 0 Å². The number of halogens is 2. The van der Waals surface area contributed by atoms with E-state index < -0.39 is 17.5 Å². The molecule has 0 saturated carbocycles.